The lowest BCUT2D eigenvalue weighted by atomic mass is 10.1. The lowest BCUT2D eigenvalue weighted by Crippen LogP contribution is -2.21. The fourth-order valence-electron chi connectivity index (χ4n) is 1.49. The van der Waals surface area contributed by atoms with Crippen molar-refractivity contribution in [1.82, 2.24) is 5.32 Å². The Labute approximate surface area is 117 Å². The highest BCUT2D eigenvalue weighted by atomic mass is 79.9. The van der Waals surface area contributed by atoms with E-state index in [2.05, 4.69) is 48.1 Å². The van der Waals surface area contributed by atoms with Gasteiger partial charge < -0.3 is 5.32 Å². The summed E-state index contributed by atoms with van der Waals surface area (Å²) < 4.78 is 1.01. The van der Waals surface area contributed by atoms with Crippen molar-refractivity contribution in [3.8, 4) is 0 Å². The van der Waals surface area contributed by atoms with E-state index >= 15 is 0 Å². The number of halogens is 2. The molecule has 1 nitrogen and oxygen atoms in total. The maximum atomic E-state index is 6.16. The summed E-state index contributed by atoms with van der Waals surface area (Å²) in [7, 11) is 0. The molecule has 0 saturated heterocycles. The predicted molar refractivity (Wildman–Crippen MR) is 80.5 cm³/mol. The van der Waals surface area contributed by atoms with E-state index in [0.29, 0.717) is 5.92 Å². The van der Waals surface area contributed by atoms with Crippen LogP contribution in [0.25, 0.3) is 6.08 Å². The van der Waals surface area contributed by atoms with E-state index in [1.54, 1.807) is 0 Å². The SMILES string of the molecule is C/C(=C\c1ccc(Br)cc1Cl)CNCC(C)C. The average molecular weight is 317 g/mol. The van der Waals surface area contributed by atoms with Gasteiger partial charge in [-0.15, -0.1) is 0 Å². The van der Waals surface area contributed by atoms with E-state index in [1.165, 1.54) is 5.57 Å². The van der Waals surface area contributed by atoms with Crippen molar-refractivity contribution in [3.05, 3.63) is 38.8 Å². The molecule has 1 rings (SSSR count). The molecule has 3 heteroatoms. The molecular weight excluding hydrogens is 298 g/mol. The normalized spacial score (nSPS) is 12.2. The second kappa shape index (κ2) is 7.20. The summed E-state index contributed by atoms with van der Waals surface area (Å²) in [6.07, 6.45) is 2.13. The summed E-state index contributed by atoms with van der Waals surface area (Å²) in [6, 6.07) is 5.95. The zero-order valence-corrected chi connectivity index (χ0v) is 12.9. The molecule has 94 valence electrons. The van der Waals surface area contributed by atoms with E-state index in [4.69, 9.17) is 11.6 Å². The molecule has 0 aromatic heterocycles. The molecule has 1 aromatic carbocycles. The highest BCUT2D eigenvalue weighted by Crippen LogP contribution is 2.23. The minimum absolute atomic E-state index is 0.680. The van der Waals surface area contributed by atoms with Crippen molar-refractivity contribution in [3.63, 3.8) is 0 Å². The summed E-state index contributed by atoms with van der Waals surface area (Å²) in [4.78, 5) is 0. The fourth-order valence-corrected chi connectivity index (χ4v) is 2.22. The van der Waals surface area contributed by atoms with Crippen LogP contribution in [0.2, 0.25) is 5.02 Å². The number of hydrogen-bond acceptors (Lipinski definition) is 1. The molecule has 0 radical (unpaired) electrons. The van der Waals surface area contributed by atoms with Crippen LogP contribution >= 0.6 is 27.5 Å². The van der Waals surface area contributed by atoms with Crippen molar-refractivity contribution in [2.24, 2.45) is 5.92 Å². The van der Waals surface area contributed by atoms with Crippen molar-refractivity contribution < 1.29 is 0 Å². The van der Waals surface area contributed by atoms with Crippen LogP contribution in [0.3, 0.4) is 0 Å². The van der Waals surface area contributed by atoms with Crippen molar-refractivity contribution in [1.29, 1.82) is 0 Å². The van der Waals surface area contributed by atoms with Gasteiger partial charge in [-0.2, -0.15) is 0 Å². The summed E-state index contributed by atoms with van der Waals surface area (Å²) in [5.74, 6) is 0.680. The van der Waals surface area contributed by atoms with Gasteiger partial charge in [-0.1, -0.05) is 59.1 Å². The molecule has 0 fully saturated rings. The van der Waals surface area contributed by atoms with Crippen LogP contribution in [0.4, 0.5) is 0 Å². The van der Waals surface area contributed by atoms with Crippen LogP contribution in [0.1, 0.15) is 26.3 Å². The van der Waals surface area contributed by atoms with E-state index in [-0.39, 0.29) is 0 Å². The zero-order valence-electron chi connectivity index (χ0n) is 10.6. The minimum Gasteiger partial charge on any atom is -0.313 e. The van der Waals surface area contributed by atoms with Crippen LogP contribution in [-0.2, 0) is 0 Å². The van der Waals surface area contributed by atoms with Gasteiger partial charge in [0.15, 0.2) is 0 Å². The Kier molecular flexibility index (Phi) is 6.24. The molecule has 0 atom stereocenters. The average Bonchev–Trinajstić information content (AvgIpc) is 2.21. The molecule has 17 heavy (non-hydrogen) atoms. The molecule has 0 aliphatic rings. The van der Waals surface area contributed by atoms with Gasteiger partial charge in [-0.3, -0.25) is 0 Å². The van der Waals surface area contributed by atoms with Crippen LogP contribution in [-0.4, -0.2) is 13.1 Å². The third-order valence-electron chi connectivity index (χ3n) is 2.32. The van der Waals surface area contributed by atoms with Gasteiger partial charge in [0, 0.05) is 16.0 Å². The molecule has 0 aliphatic heterocycles. The van der Waals surface area contributed by atoms with Gasteiger partial charge >= 0.3 is 0 Å². The third-order valence-corrected chi connectivity index (χ3v) is 3.14. The highest BCUT2D eigenvalue weighted by molar-refractivity contribution is 9.10. The van der Waals surface area contributed by atoms with E-state index in [0.717, 1.165) is 28.1 Å². The van der Waals surface area contributed by atoms with Gasteiger partial charge in [0.25, 0.3) is 0 Å². The highest BCUT2D eigenvalue weighted by Gasteiger charge is 1.99. The van der Waals surface area contributed by atoms with E-state index in [1.807, 2.05) is 18.2 Å². The van der Waals surface area contributed by atoms with Gasteiger partial charge in [-0.05, 0) is 37.1 Å². The maximum Gasteiger partial charge on any atom is 0.0489 e. The lowest BCUT2D eigenvalue weighted by molar-refractivity contribution is 0.572. The Balaban J connectivity index is 2.61. The monoisotopic (exact) mass is 315 g/mol. The number of nitrogens with one attached hydrogen (secondary N) is 1. The number of rotatable bonds is 5. The molecule has 1 N–H and O–H groups in total. The fraction of sp³-hybridized carbons (Fsp3) is 0.429. The molecule has 0 heterocycles. The van der Waals surface area contributed by atoms with Crippen molar-refractivity contribution in [2.45, 2.75) is 20.8 Å². The molecule has 0 spiro atoms. The van der Waals surface area contributed by atoms with Gasteiger partial charge in [0.2, 0.25) is 0 Å². The van der Waals surface area contributed by atoms with Crippen LogP contribution in [0.5, 0.6) is 0 Å². The lowest BCUT2D eigenvalue weighted by Gasteiger charge is -2.08. The van der Waals surface area contributed by atoms with Crippen molar-refractivity contribution >= 4 is 33.6 Å². The van der Waals surface area contributed by atoms with Crippen molar-refractivity contribution in [2.75, 3.05) is 13.1 Å². The molecule has 0 unspecified atom stereocenters. The standard InChI is InChI=1S/C14H19BrClN/c1-10(2)8-17-9-11(3)6-12-4-5-13(15)7-14(12)16/h4-7,10,17H,8-9H2,1-3H3/b11-6+. The molecular formula is C14H19BrClN. The van der Waals surface area contributed by atoms with Crippen LogP contribution in [0.15, 0.2) is 28.2 Å². The summed E-state index contributed by atoms with van der Waals surface area (Å²) >= 11 is 9.57. The largest absolute Gasteiger partial charge is 0.313 e. The Bertz CT molecular complexity index is 399. The first-order valence-corrected chi connectivity index (χ1v) is 6.99. The van der Waals surface area contributed by atoms with Gasteiger partial charge in [0.05, 0.1) is 0 Å². The molecule has 1 aromatic rings. The van der Waals surface area contributed by atoms with E-state index < -0.39 is 0 Å². The molecule has 0 amide bonds. The molecule has 0 aliphatic carbocycles. The Morgan fingerprint density at radius 1 is 1.47 bits per heavy atom. The second-order valence-electron chi connectivity index (χ2n) is 4.68. The van der Waals surface area contributed by atoms with Gasteiger partial charge in [-0.25, -0.2) is 0 Å². The summed E-state index contributed by atoms with van der Waals surface area (Å²) in [5.41, 5.74) is 2.36. The number of benzene rings is 1. The first kappa shape index (κ1) is 14.7. The summed E-state index contributed by atoms with van der Waals surface area (Å²) in [6.45, 7) is 8.48. The van der Waals surface area contributed by atoms with Crippen LogP contribution < -0.4 is 5.32 Å². The first-order chi connectivity index (χ1) is 7.99. The Morgan fingerprint density at radius 2 is 2.18 bits per heavy atom. The predicted octanol–water partition coefficient (Wildman–Crippen LogP) is 4.75. The quantitative estimate of drug-likeness (QED) is 0.826. The minimum atomic E-state index is 0.680. The Morgan fingerprint density at radius 3 is 2.76 bits per heavy atom. The molecule has 0 bridgehead atoms. The third kappa shape index (κ3) is 5.71. The van der Waals surface area contributed by atoms with E-state index in [9.17, 15) is 0 Å². The second-order valence-corrected chi connectivity index (χ2v) is 6.00. The maximum absolute atomic E-state index is 6.16. The topological polar surface area (TPSA) is 12.0 Å². The first-order valence-electron chi connectivity index (χ1n) is 5.82. The number of hydrogen-bond donors (Lipinski definition) is 1. The zero-order chi connectivity index (χ0) is 12.8. The molecule has 0 saturated carbocycles. The summed E-state index contributed by atoms with van der Waals surface area (Å²) in [5, 5.41) is 4.20. The van der Waals surface area contributed by atoms with Gasteiger partial charge in [0.1, 0.15) is 0 Å². The smallest absolute Gasteiger partial charge is 0.0489 e. The Hall–Kier alpha value is -0.310. The van der Waals surface area contributed by atoms with Crippen LogP contribution in [0, 0.1) is 5.92 Å².